The molecule has 7 nitrogen and oxygen atoms in total. The molecule has 1 atom stereocenters. The average Bonchev–Trinajstić information content (AvgIpc) is 3.02. The number of furan rings is 1. The van der Waals surface area contributed by atoms with Gasteiger partial charge in [0.15, 0.2) is 0 Å². The zero-order valence-corrected chi connectivity index (χ0v) is 11.6. The van der Waals surface area contributed by atoms with Gasteiger partial charge >= 0.3 is 0 Å². The van der Waals surface area contributed by atoms with Gasteiger partial charge in [-0.05, 0) is 23.8 Å². The number of rotatable bonds is 7. The molecule has 2 aromatic rings. The largest absolute Gasteiger partial charge is 0.468 e. The van der Waals surface area contributed by atoms with E-state index in [2.05, 4.69) is 10.6 Å². The zero-order valence-electron chi connectivity index (χ0n) is 11.6. The highest BCUT2D eigenvalue weighted by molar-refractivity contribution is 5.62. The predicted octanol–water partition coefficient (Wildman–Crippen LogP) is 2.05. The summed E-state index contributed by atoms with van der Waals surface area (Å²) < 4.78 is 5.23. The molecule has 0 bridgehead atoms. The van der Waals surface area contributed by atoms with E-state index in [1.54, 1.807) is 31.3 Å². The van der Waals surface area contributed by atoms with Crippen molar-refractivity contribution in [3.8, 4) is 0 Å². The van der Waals surface area contributed by atoms with E-state index < -0.39 is 4.92 Å². The zero-order chi connectivity index (χ0) is 15.2. The van der Waals surface area contributed by atoms with Gasteiger partial charge in [-0.1, -0.05) is 6.07 Å². The quantitative estimate of drug-likeness (QED) is 0.533. The maximum atomic E-state index is 11.0. The first-order chi connectivity index (χ1) is 10.2. The lowest BCUT2D eigenvalue weighted by Crippen LogP contribution is -2.23. The molecule has 0 amide bonds. The van der Waals surface area contributed by atoms with Gasteiger partial charge in [0, 0.05) is 19.7 Å². The van der Waals surface area contributed by atoms with Crippen LogP contribution >= 0.6 is 0 Å². The first kappa shape index (κ1) is 15.0. The van der Waals surface area contributed by atoms with Crippen LogP contribution in [0.25, 0.3) is 0 Å². The summed E-state index contributed by atoms with van der Waals surface area (Å²) in [7, 11) is 1.64. The van der Waals surface area contributed by atoms with Gasteiger partial charge in [0.25, 0.3) is 5.69 Å². The van der Waals surface area contributed by atoms with Crippen LogP contribution in [0, 0.1) is 10.1 Å². The fourth-order valence-electron chi connectivity index (χ4n) is 2.04. The van der Waals surface area contributed by atoms with Crippen molar-refractivity contribution in [2.45, 2.75) is 12.6 Å². The first-order valence-corrected chi connectivity index (χ1v) is 6.48. The van der Waals surface area contributed by atoms with Crippen molar-refractivity contribution in [1.82, 2.24) is 5.32 Å². The molecule has 1 unspecified atom stereocenters. The van der Waals surface area contributed by atoms with Gasteiger partial charge in [-0.2, -0.15) is 0 Å². The Balaban J connectivity index is 2.09. The third kappa shape index (κ3) is 3.59. The minimum atomic E-state index is -0.425. The van der Waals surface area contributed by atoms with Crippen LogP contribution in [0.15, 0.2) is 41.0 Å². The van der Waals surface area contributed by atoms with E-state index in [1.165, 1.54) is 12.3 Å². The Morgan fingerprint density at radius 1 is 1.43 bits per heavy atom. The molecule has 0 aliphatic carbocycles. The topological polar surface area (TPSA) is 101 Å². The smallest absolute Gasteiger partial charge is 0.292 e. The Hall–Kier alpha value is -2.38. The second kappa shape index (κ2) is 6.87. The van der Waals surface area contributed by atoms with Crippen LogP contribution in [0.4, 0.5) is 11.4 Å². The van der Waals surface area contributed by atoms with Gasteiger partial charge in [0.1, 0.15) is 11.4 Å². The lowest BCUT2D eigenvalue weighted by Gasteiger charge is -2.14. The third-order valence-electron chi connectivity index (χ3n) is 3.15. The van der Waals surface area contributed by atoms with E-state index in [4.69, 9.17) is 4.42 Å². The molecule has 0 aliphatic heterocycles. The maximum Gasteiger partial charge on any atom is 0.292 e. The second-order valence-electron chi connectivity index (χ2n) is 4.49. The van der Waals surface area contributed by atoms with Gasteiger partial charge in [-0.15, -0.1) is 0 Å². The van der Waals surface area contributed by atoms with Crippen LogP contribution in [0.5, 0.6) is 0 Å². The summed E-state index contributed by atoms with van der Waals surface area (Å²) in [5.41, 5.74) is 1.24. The molecule has 1 heterocycles. The van der Waals surface area contributed by atoms with E-state index in [0.29, 0.717) is 18.0 Å². The lowest BCUT2D eigenvalue weighted by molar-refractivity contribution is -0.384. The molecule has 7 heteroatoms. The minimum Gasteiger partial charge on any atom is -0.468 e. The van der Waals surface area contributed by atoms with Crippen LogP contribution in [0.1, 0.15) is 17.4 Å². The molecule has 0 saturated heterocycles. The van der Waals surface area contributed by atoms with Crippen LogP contribution in [-0.4, -0.2) is 23.7 Å². The number of nitro groups is 1. The number of benzene rings is 1. The van der Waals surface area contributed by atoms with Crippen molar-refractivity contribution in [1.29, 1.82) is 0 Å². The first-order valence-electron chi connectivity index (χ1n) is 6.48. The van der Waals surface area contributed by atoms with Gasteiger partial charge in [-0.3, -0.25) is 10.1 Å². The normalized spacial score (nSPS) is 12.1. The van der Waals surface area contributed by atoms with Gasteiger partial charge in [-0.25, -0.2) is 0 Å². The molecule has 0 radical (unpaired) electrons. The summed E-state index contributed by atoms with van der Waals surface area (Å²) in [6, 6.07) is 8.13. The molecule has 0 spiro atoms. The van der Waals surface area contributed by atoms with Crippen molar-refractivity contribution in [2.24, 2.45) is 0 Å². The predicted molar refractivity (Wildman–Crippen MR) is 78.0 cm³/mol. The molecular weight excluding hydrogens is 274 g/mol. The number of aliphatic hydroxyl groups excluding tert-OH is 1. The van der Waals surface area contributed by atoms with Crippen molar-refractivity contribution < 1.29 is 14.4 Å². The molecule has 3 N–H and O–H groups in total. The number of anilines is 1. The summed E-state index contributed by atoms with van der Waals surface area (Å²) in [4.78, 5) is 10.6. The highest BCUT2D eigenvalue weighted by Gasteiger charge is 2.15. The van der Waals surface area contributed by atoms with Crippen molar-refractivity contribution >= 4 is 11.4 Å². The average molecular weight is 291 g/mol. The number of nitro benzene ring substituents is 1. The molecule has 0 fully saturated rings. The van der Waals surface area contributed by atoms with Gasteiger partial charge < -0.3 is 20.2 Å². The van der Waals surface area contributed by atoms with Crippen LogP contribution in [-0.2, 0) is 6.54 Å². The summed E-state index contributed by atoms with van der Waals surface area (Å²) in [6.45, 7) is 0.265. The number of hydrogen-bond acceptors (Lipinski definition) is 6. The number of aliphatic hydroxyl groups is 1. The monoisotopic (exact) mass is 291 g/mol. The van der Waals surface area contributed by atoms with E-state index in [0.717, 1.165) is 5.56 Å². The summed E-state index contributed by atoms with van der Waals surface area (Å²) in [5.74, 6) is 0.624. The van der Waals surface area contributed by atoms with Gasteiger partial charge in [0.05, 0.1) is 23.8 Å². The highest BCUT2D eigenvalue weighted by Crippen LogP contribution is 2.25. The molecule has 0 aliphatic rings. The third-order valence-corrected chi connectivity index (χ3v) is 3.15. The Morgan fingerprint density at radius 3 is 2.81 bits per heavy atom. The summed E-state index contributed by atoms with van der Waals surface area (Å²) in [5, 5.41) is 26.3. The van der Waals surface area contributed by atoms with E-state index in [-0.39, 0.29) is 18.3 Å². The molecule has 0 saturated carbocycles. The van der Waals surface area contributed by atoms with Gasteiger partial charge in [0.2, 0.25) is 0 Å². The van der Waals surface area contributed by atoms with Crippen LogP contribution in [0.3, 0.4) is 0 Å². The lowest BCUT2D eigenvalue weighted by atomic mass is 10.1. The molecule has 1 aromatic carbocycles. The fraction of sp³-hybridized carbons (Fsp3) is 0.286. The summed E-state index contributed by atoms with van der Waals surface area (Å²) in [6.07, 6.45) is 1.53. The molecule has 1 aromatic heterocycles. The number of hydrogen-bond donors (Lipinski definition) is 3. The Morgan fingerprint density at radius 2 is 2.24 bits per heavy atom. The number of nitrogens with one attached hydrogen (secondary N) is 2. The maximum absolute atomic E-state index is 11.0. The fourth-order valence-corrected chi connectivity index (χ4v) is 2.04. The Bertz CT molecular complexity index is 598. The van der Waals surface area contributed by atoms with E-state index in [9.17, 15) is 15.2 Å². The number of nitrogens with zero attached hydrogens (tertiary/aromatic N) is 1. The van der Waals surface area contributed by atoms with Crippen molar-refractivity contribution in [3.05, 3.63) is 58.0 Å². The van der Waals surface area contributed by atoms with E-state index in [1.807, 2.05) is 0 Å². The molecule has 2 rings (SSSR count). The SMILES string of the molecule is CNc1ccc(CNC(CO)c2ccco2)cc1[N+](=O)[O-]. The van der Waals surface area contributed by atoms with Crippen LogP contribution in [0.2, 0.25) is 0 Å². The summed E-state index contributed by atoms with van der Waals surface area (Å²) >= 11 is 0. The Labute approximate surface area is 121 Å². The molecular formula is C14H17N3O4. The highest BCUT2D eigenvalue weighted by atomic mass is 16.6. The van der Waals surface area contributed by atoms with E-state index >= 15 is 0 Å². The van der Waals surface area contributed by atoms with Crippen LogP contribution < -0.4 is 10.6 Å². The Kier molecular flexibility index (Phi) is 4.91. The second-order valence-corrected chi connectivity index (χ2v) is 4.49. The molecule has 21 heavy (non-hydrogen) atoms. The minimum absolute atomic E-state index is 0.0235. The standard InChI is InChI=1S/C14H17N3O4/c1-15-11-5-4-10(7-13(11)17(19)20)8-16-12(9-18)14-3-2-6-21-14/h2-7,12,15-16,18H,8-9H2,1H3. The van der Waals surface area contributed by atoms with Crippen molar-refractivity contribution in [2.75, 3.05) is 19.0 Å². The molecule has 112 valence electrons. The van der Waals surface area contributed by atoms with Crippen molar-refractivity contribution in [3.63, 3.8) is 0 Å².